The normalized spacial score (nSPS) is 14.8. The molecule has 0 aliphatic carbocycles. The zero-order valence-corrected chi connectivity index (χ0v) is 12.4. The molecule has 1 aliphatic rings. The Balaban J connectivity index is 1.42. The summed E-state index contributed by atoms with van der Waals surface area (Å²) >= 11 is 1.59. The van der Waals surface area contributed by atoms with Crippen LogP contribution in [0.1, 0.15) is 22.2 Å². The molecule has 0 N–H and O–H groups in total. The van der Waals surface area contributed by atoms with Crippen molar-refractivity contribution in [2.24, 2.45) is 0 Å². The number of thiophene rings is 1. The molecule has 1 saturated heterocycles. The van der Waals surface area contributed by atoms with Crippen molar-refractivity contribution in [2.45, 2.75) is 5.92 Å². The van der Waals surface area contributed by atoms with Crippen molar-refractivity contribution in [2.75, 3.05) is 13.1 Å². The van der Waals surface area contributed by atoms with Gasteiger partial charge in [-0.1, -0.05) is 5.16 Å². The Morgan fingerprint density at radius 1 is 1.36 bits per heavy atom. The van der Waals surface area contributed by atoms with Crippen LogP contribution in [0.15, 0.2) is 45.9 Å². The van der Waals surface area contributed by atoms with Gasteiger partial charge in [0, 0.05) is 36.4 Å². The van der Waals surface area contributed by atoms with Crippen molar-refractivity contribution in [1.29, 1.82) is 0 Å². The summed E-state index contributed by atoms with van der Waals surface area (Å²) < 4.78 is 5.32. The Bertz CT molecular complexity index is 779. The Hall–Kier alpha value is -2.54. The molecular formula is C15H12N4O2S. The highest BCUT2D eigenvalue weighted by Gasteiger charge is 2.36. The number of hydrogen-bond acceptors (Lipinski definition) is 6. The number of carbonyl (C=O) groups excluding carboxylic acids is 1. The molecular weight excluding hydrogens is 300 g/mol. The summed E-state index contributed by atoms with van der Waals surface area (Å²) in [6.07, 6.45) is 3.23. The number of nitrogens with zero attached hydrogens (tertiary/aromatic N) is 4. The van der Waals surface area contributed by atoms with Crippen LogP contribution in [0.2, 0.25) is 0 Å². The monoisotopic (exact) mass is 312 g/mol. The van der Waals surface area contributed by atoms with Gasteiger partial charge >= 0.3 is 0 Å². The van der Waals surface area contributed by atoms with Gasteiger partial charge in [-0.3, -0.25) is 9.78 Å². The fraction of sp³-hybridized carbons (Fsp3) is 0.200. The standard InChI is InChI=1S/C15H12N4O2S/c20-15(10-2-1-4-16-6-10)19-7-12(8-19)14-17-13(18-21-14)11-3-5-22-9-11/h1-6,9,12H,7-8H2. The van der Waals surface area contributed by atoms with Gasteiger partial charge in [0.25, 0.3) is 5.91 Å². The van der Waals surface area contributed by atoms with Gasteiger partial charge < -0.3 is 9.42 Å². The van der Waals surface area contributed by atoms with Crippen molar-refractivity contribution in [3.05, 3.63) is 52.8 Å². The van der Waals surface area contributed by atoms with Crippen molar-refractivity contribution in [3.63, 3.8) is 0 Å². The topological polar surface area (TPSA) is 72.1 Å². The molecule has 1 fully saturated rings. The van der Waals surface area contributed by atoms with E-state index in [0.717, 1.165) is 5.56 Å². The van der Waals surface area contributed by atoms with E-state index in [2.05, 4.69) is 15.1 Å². The van der Waals surface area contributed by atoms with Gasteiger partial charge in [0.15, 0.2) is 0 Å². The van der Waals surface area contributed by atoms with Crippen LogP contribution in [0.4, 0.5) is 0 Å². The van der Waals surface area contributed by atoms with Crippen LogP contribution in [0.3, 0.4) is 0 Å². The Morgan fingerprint density at radius 3 is 3.00 bits per heavy atom. The summed E-state index contributed by atoms with van der Waals surface area (Å²) in [6.45, 7) is 1.19. The summed E-state index contributed by atoms with van der Waals surface area (Å²) in [5.74, 6) is 1.30. The molecule has 22 heavy (non-hydrogen) atoms. The second-order valence-electron chi connectivity index (χ2n) is 5.12. The maximum absolute atomic E-state index is 12.2. The molecule has 3 aromatic heterocycles. The highest BCUT2D eigenvalue weighted by Crippen LogP contribution is 2.29. The average molecular weight is 312 g/mol. The summed E-state index contributed by atoms with van der Waals surface area (Å²) in [6, 6.07) is 5.48. The van der Waals surface area contributed by atoms with Crippen LogP contribution in [0.5, 0.6) is 0 Å². The molecule has 0 saturated carbocycles. The molecule has 0 unspecified atom stereocenters. The number of pyridine rings is 1. The number of carbonyl (C=O) groups is 1. The first kappa shape index (κ1) is 13.1. The highest BCUT2D eigenvalue weighted by atomic mass is 32.1. The van der Waals surface area contributed by atoms with Crippen LogP contribution in [0, 0.1) is 0 Å². The van der Waals surface area contributed by atoms with Crippen LogP contribution in [-0.2, 0) is 0 Å². The summed E-state index contributed by atoms with van der Waals surface area (Å²) in [5, 5.41) is 7.95. The fourth-order valence-corrected chi connectivity index (χ4v) is 3.02. The van der Waals surface area contributed by atoms with Gasteiger partial charge in [-0.15, -0.1) is 0 Å². The number of likely N-dealkylation sites (tertiary alicyclic amines) is 1. The molecule has 110 valence electrons. The number of aromatic nitrogens is 3. The molecule has 0 radical (unpaired) electrons. The van der Waals surface area contributed by atoms with Gasteiger partial charge in [-0.25, -0.2) is 0 Å². The van der Waals surface area contributed by atoms with Crippen LogP contribution in [0.25, 0.3) is 11.4 Å². The van der Waals surface area contributed by atoms with E-state index in [4.69, 9.17) is 4.52 Å². The van der Waals surface area contributed by atoms with Gasteiger partial charge in [-0.2, -0.15) is 16.3 Å². The second-order valence-corrected chi connectivity index (χ2v) is 5.90. The predicted octanol–water partition coefficient (Wildman–Crippen LogP) is 2.43. The number of rotatable bonds is 3. The van der Waals surface area contributed by atoms with E-state index in [9.17, 15) is 4.79 Å². The van der Waals surface area contributed by atoms with Gasteiger partial charge in [0.1, 0.15) is 0 Å². The minimum absolute atomic E-state index is 0.0121. The fourth-order valence-electron chi connectivity index (χ4n) is 2.38. The van der Waals surface area contributed by atoms with Gasteiger partial charge in [0.05, 0.1) is 11.5 Å². The third kappa shape index (κ3) is 2.29. The average Bonchev–Trinajstić information content (AvgIpc) is 3.17. The Morgan fingerprint density at radius 2 is 2.27 bits per heavy atom. The minimum Gasteiger partial charge on any atom is -0.339 e. The van der Waals surface area contributed by atoms with E-state index in [1.165, 1.54) is 0 Å². The van der Waals surface area contributed by atoms with Crippen LogP contribution < -0.4 is 0 Å². The van der Waals surface area contributed by atoms with Crippen LogP contribution >= 0.6 is 11.3 Å². The summed E-state index contributed by atoms with van der Waals surface area (Å²) in [5.41, 5.74) is 1.56. The third-order valence-electron chi connectivity index (χ3n) is 3.65. The SMILES string of the molecule is O=C(c1cccnc1)N1CC(c2nc(-c3ccsc3)no2)C1. The number of hydrogen-bond donors (Lipinski definition) is 0. The van der Waals surface area contributed by atoms with Crippen molar-refractivity contribution in [1.82, 2.24) is 20.0 Å². The number of amides is 1. The third-order valence-corrected chi connectivity index (χ3v) is 4.33. The van der Waals surface area contributed by atoms with E-state index < -0.39 is 0 Å². The molecule has 1 aliphatic heterocycles. The van der Waals surface area contributed by atoms with Gasteiger partial charge in [0.2, 0.25) is 11.7 Å². The highest BCUT2D eigenvalue weighted by molar-refractivity contribution is 7.08. The maximum Gasteiger partial charge on any atom is 0.255 e. The zero-order valence-electron chi connectivity index (χ0n) is 11.5. The van der Waals surface area contributed by atoms with Crippen LogP contribution in [-0.4, -0.2) is 39.0 Å². The summed E-state index contributed by atoms with van der Waals surface area (Å²) in [7, 11) is 0. The second kappa shape index (κ2) is 5.34. The molecule has 0 aromatic carbocycles. The Kier molecular flexibility index (Phi) is 3.19. The maximum atomic E-state index is 12.2. The summed E-state index contributed by atoms with van der Waals surface area (Å²) in [4.78, 5) is 22.4. The van der Waals surface area contributed by atoms with Gasteiger partial charge in [-0.05, 0) is 23.6 Å². The molecule has 4 heterocycles. The van der Waals surface area contributed by atoms with E-state index in [-0.39, 0.29) is 11.8 Å². The molecule has 0 atom stereocenters. The minimum atomic E-state index is -0.0121. The van der Waals surface area contributed by atoms with Crippen molar-refractivity contribution in [3.8, 4) is 11.4 Å². The predicted molar refractivity (Wildman–Crippen MR) is 80.5 cm³/mol. The largest absolute Gasteiger partial charge is 0.339 e. The van der Waals surface area contributed by atoms with Crippen molar-refractivity contribution < 1.29 is 9.32 Å². The van der Waals surface area contributed by atoms with E-state index in [1.807, 2.05) is 16.8 Å². The first-order valence-electron chi connectivity index (χ1n) is 6.87. The molecule has 0 bridgehead atoms. The lowest BCUT2D eigenvalue weighted by Crippen LogP contribution is -2.48. The van der Waals surface area contributed by atoms with E-state index in [1.54, 1.807) is 40.8 Å². The molecule has 0 spiro atoms. The molecule has 3 aromatic rings. The lowest BCUT2D eigenvalue weighted by atomic mass is 9.99. The van der Waals surface area contributed by atoms with E-state index >= 15 is 0 Å². The lowest BCUT2D eigenvalue weighted by molar-refractivity contribution is 0.0569. The van der Waals surface area contributed by atoms with Crippen molar-refractivity contribution >= 4 is 17.2 Å². The molecule has 6 nitrogen and oxygen atoms in total. The molecule has 4 rings (SSSR count). The zero-order chi connectivity index (χ0) is 14.9. The molecule has 7 heteroatoms. The lowest BCUT2D eigenvalue weighted by Gasteiger charge is -2.37. The first-order chi connectivity index (χ1) is 10.8. The quantitative estimate of drug-likeness (QED) is 0.742. The smallest absolute Gasteiger partial charge is 0.255 e. The van der Waals surface area contributed by atoms with E-state index in [0.29, 0.717) is 30.4 Å². The Labute approximate surface area is 130 Å². The molecule has 1 amide bonds. The first-order valence-corrected chi connectivity index (χ1v) is 7.81.